The van der Waals surface area contributed by atoms with Crippen LogP contribution in [0, 0.1) is 6.92 Å². The molecule has 0 unspecified atom stereocenters. The number of aryl methyl sites for hydroxylation is 1. The zero-order valence-electron chi connectivity index (χ0n) is 14.9. The molecule has 1 saturated carbocycles. The summed E-state index contributed by atoms with van der Waals surface area (Å²) in [6, 6.07) is 6.92. The highest BCUT2D eigenvalue weighted by Gasteiger charge is 2.20. The lowest BCUT2D eigenvalue weighted by molar-refractivity contribution is -0.276. The Morgan fingerprint density at radius 3 is 2.56 bits per heavy atom. The van der Waals surface area contributed by atoms with Crippen LogP contribution < -0.4 is 9.83 Å². The van der Waals surface area contributed by atoms with Gasteiger partial charge in [0.25, 0.3) is 15.8 Å². The van der Waals surface area contributed by atoms with E-state index in [1.807, 2.05) is 12.1 Å². The number of hydrogen-bond donors (Lipinski definition) is 1. The van der Waals surface area contributed by atoms with E-state index in [1.165, 1.54) is 31.2 Å². The van der Waals surface area contributed by atoms with Crippen molar-refractivity contribution in [2.75, 3.05) is 4.72 Å². The average Bonchev–Trinajstić information content (AvgIpc) is 3.14. The standard InChI is InChI=1S/C18H21N5O3S/c1-12-16(17(24)23-18(21-12)19-11-20-23)22-27(25,26)15-9-7-14(8-10-15)13-5-3-2-4-6-13/h7-11,13,22,24H,2-6H2,1H3/p-1. The maximum Gasteiger partial charge on any atom is 0.261 e. The predicted molar refractivity (Wildman–Crippen MR) is 98.0 cm³/mol. The first-order chi connectivity index (χ1) is 13.0. The van der Waals surface area contributed by atoms with E-state index in [9.17, 15) is 13.5 Å². The molecule has 3 aromatic rings. The van der Waals surface area contributed by atoms with Gasteiger partial charge in [-0.3, -0.25) is 4.72 Å². The molecule has 2 heterocycles. The number of nitrogens with zero attached hydrogens (tertiary/aromatic N) is 4. The molecule has 1 aliphatic carbocycles. The second-order valence-electron chi connectivity index (χ2n) is 6.86. The van der Waals surface area contributed by atoms with Gasteiger partial charge in [-0.1, -0.05) is 31.4 Å². The molecule has 2 aromatic heterocycles. The highest BCUT2D eigenvalue weighted by molar-refractivity contribution is 7.92. The molecular formula is C18H20N5O3S-. The summed E-state index contributed by atoms with van der Waals surface area (Å²) in [5, 5.41) is 16.3. The number of nitrogens with one attached hydrogen (secondary N) is 1. The lowest BCUT2D eigenvalue weighted by Gasteiger charge is -2.22. The Morgan fingerprint density at radius 2 is 1.85 bits per heavy atom. The number of anilines is 1. The third-order valence-corrected chi connectivity index (χ3v) is 6.43. The fourth-order valence-electron chi connectivity index (χ4n) is 3.59. The second kappa shape index (κ2) is 6.80. The number of benzene rings is 1. The maximum absolute atomic E-state index is 12.7. The third kappa shape index (κ3) is 3.34. The smallest absolute Gasteiger partial charge is 0.261 e. The van der Waals surface area contributed by atoms with E-state index < -0.39 is 15.9 Å². The van der Waals surface area contributed by atoms with Crippen molar-refractivity contribution in [3.63, 3.8) is 0 Å². The maximum atomic E-state index is 12.7. The van der Waals surface area contributed by atoms with Crippen LogP contribution in [-0.2, 0) is 10.0 Å². The third-order valence-electron chi connectivity index (χ3n) is 5.07. The molecule has 0 spiro atoms. The van der Waals surface area contributed by atoms with Gasteiger partial charge in [0, 0.05) is 5.88 Å². The van der Waals surface area contributed by atoms with Crippen molar-refractivity contribution in [3.8, 4) is 5.88 Å². The Kier molecular flexibility index (Phi) is 4.47. The molecule has 0 amide bonds. The molecule has 8 nitrogen and oxygen atoms in total. The second-order valence-corrected chi connectivity index (χ2v) is 8.54. The van der Waals surface area contributed by atoms with E-state index in [-0.39, 0.29) is 22.1 Å². The van der Waals surface area contributed by atoms with Crippen molar-refractivity contribution in [2.24, 2.45) is 0 Å². The van der Waals surface area contributed by atoms with E-state index in [1.54, 1.807) is 19.1 Å². The fraction of sp³-hybridized carbons (Fsp3) is 0.389. The molecule has 0 aliphatic heterocycles. The predicted octanol–water partition coefficient (Wildman–Crippen LogP) is 2.35. The van der Waals surface area contributed by atoms with Gasteiger partial charge in [0.2, 0.25) is 0 Å². The minimum absolute atomic E-state index is 0.111. The SMILES string of the molecule is Cc1nc2ncnn2c([O-])c1NS(=O)(=O)c1ccc(C2CCCCC2)cc1. The van der Waals surface area contributed by atoms with Crippen molar-refractivity contribution in [2.45, 2.75) is 49.8 Å². The van der Waals surface area contributed by atoms with E-state index in [2.05, 4.69) is 19.8 Å². The van der Waals surface area contributed by atoms with Crippen LogP contribution in [0.25, 0.3) is 5.78 Å². The summed E-state index contributed by atoms with van der Waals surface area (Å²) in [6.45, 7) is 1.56. The number of rotatable bonds is 4. The van der Waals surface area contributed by atoms with Gasteiger partial charge in [-0.2, -0.15) is 10.1 Å². The fourth-order valence-corrected chi connectivity index (χ4v) is 4.70. The molecule has 1 aromatic carbocycles. The van der Waals surface area contributed by atoms with Crippen LogP contribution in [-0.4, -0.2) is 28.0 Å². The van der Waals surface area contributed by atoms with Crippen LogP contribution >= 0.6 is 0 Å². The van der Waals surface area contributed by atoms with Gasteiger partial charge in [0.05, 0.1) is 16.3 Å². The van der Waals surface area contributed by atoms with Crippen LogP contribution in [0.4, 0.5) is 5.69 Å². The largest absolute Gasteiger partial charge is 0.857 e. The summed E-state index contributed by atoms with van der Waals surface area (Å²) in [6.07, 6.45) is 7.20. The monoisotopic (exact) mass is 386 g/mol. The van der Waals surface area contributed by atoms with Crippen LogP contribution in [0.5, 0.6) is 5.88 Å². The van der Waals surface area contributed by atoms with Crippen LogP contribution in [0.2, 0.25) is 0 Å². The Labute approximate surface area is 157 Å². The highest BCUT2D eigenvalue weighted by Crippen LogP contribution is 2.33. The number of hydrogen-bond acceptors (Lipinski definition) is 6. The first-order valence-electron chi connectivity index (χ1n) is 8.96. The molecular weight excluding hydrogens is 366 g/mol. The number of sulfonamides is 1. The Balaban J connectivity index is 1.62. The van der Waals surface area contributed by atoms with Crippen LogP contribution in [0.3, 0.4) is 0 Å². The topological polar surface area (TPSA) is 112 Å². The van der Waals surface area contributed by atoms with Crippen molar-refractivity contribution in [3.05, 3.63) is 41.9 Å². The quantitative estimate of drug-likeness (QED) is 0.736. The molecule has 0 radical (unpaired) electrons. The summed E-state index contributed by atoms with van der Waals surface area (Å²) >= 11 is 0. The summed E-state index contributed by atoms with van der Waals surface area (Å²) in [5.41, 5.74) is 1.30. The molecule has 1 aliphatic rings. The Hall–Kier alpha value is -2.68. The van der Waals surface area contributed by atoms with Crippen LogP contribution in [0.1, 0.15) is 49.3 Å². The zero-order chi connectivity index (χ0) is 19.0. The Bertz CT molecular complexity index is 1070. The van der Waals surface area contributed by atoms with Gasteiger partial charge in [-0.15, -0.1) is 0 Å². The average molecular weight is 386 g/mol. The van der Waals surface area contributed by atoms with E-state index in [4.69, 9.17) is 0 Å². The zero-order valence-corrected chi connectivity index (χ0v) is 15.7. The summed E-state index contributed by atoms with van der Waals surface area (Å²) in [7, 11) is -3.91. The van der Waals surface area contributed by atoms with Gasteiger partial charge in [0.1, 0.15) is 6.33 Å². The summed E-state index contributed by atoms with van der Waals surface area (Å²) in [5.74, 6) is 0.0348. The lowest BCUT2D eigenvalue weighted by atomic mass is 9.84. The summed E-state index contributed by atoms with van der Waals surface area (Å²) < 4.78 is 28.8. The molecule has 1 N–H and O–H groups in total. The van der Waals surface area contributed by atoms with Crippen molar-refractivity contribution < 1.29 is 13.5 Å². The van der Waals surface area contributed by atoms with Gasteiger partial charge in [0.15, 0.2) is 0 Å². The van der Waals surface area contributed by atoms with Gasteiger partial charge >= 0.3 is 0 Å². The van der Waals surface area contributed by atoms with Crippen LogP contribution in [0.15, 0.2) is 35.5 Å². The van der Waals surface area contributed by atoms with E-state index in [0.717, 1.165) is 17.4 Å². The minimum atomic E-state index is -3.91. The van der Waals surface area contributed by atoms with Gasteiger partial charge in [-0.05, 0) is 43.4 Å². The molecule has 0 saturated heterocycles. The molecule has 0 atom stereocenters. The molecule has 27 heavy (non-hydrogen) atoms. The molecule has 0 bridgehead atoms. The van der Waals surface area contributed by atoms with Crippen molar-refractivity contribution in [1.82, 2.24) is 19.6 Å². The first-order valence-corrected chi connectivity index (χ1v) is 10.4. The van der Waals surface area contributed by atoms with Gasteiger partial charge in [-0.25, -0.2) is 17.9 Å². The van der Waals surface area contributed by atoms with Crippen molar-refractivity contribution in [1.29, 1.82) is 0 Å². The number of aromatic nitrogens is 4. The Morgan fingerprint density at radius 1 is 1.15 bits per heavy atom. The molecule has 1 fully saturated rings. The molecule has 9 heteroatoms. The van der Waals surface area contributed by atoms with E-state index in [0.29, 0.717) is 5.92 Å². The van der Waals surface area contributed by atoms with Gasteiger partial charge < -0.3 is 5.11 Å². The first kappa shape index (κ1) is 17.7. The van der Waals surface area contributed by atoms with E-state index >= 15 is 0 Å². The number of fused-ring (bicyclic) bond motifs is 1. The highest BCUT2D eigenvalue weighted by atomic mass is 32.2. The minimum Gasteiger partial charge on any atom is -0.857 e. The molecule has 4 rings (SSSR count). The summed E-state index contributed by atoms with van der Waals surface area (Å²) in [4.78, 5) is 8.08. The normalized spacial score (nSPS) is 15.9. The lowest BCUT2D eigenvalue weighted by Crippen LogP contribution is -2.18. The molecule has 142 valence electrons. The van der Waals surface area contributed by atoms with Crippen molar-refractivity contribution >= 4 is 21.5 Å².